The number of hydrogen-bond donors (Lipinski definition) is 1. The predicted molar refractivity (Wildman–Crippen MR) is 95.5 cm³/mol. The second kappa shape index (κ2) is 8.78. The van der Waals surface area contributed by atoms with Gasteiger partial charge in [-0.25, -0.2) is 4.98 Å². The quantitative estimate of drug-likeness (QED) is 0.796. The highest BCUT2D eigenvalue weighted by Gasteiger charge is 2.19. The molecule has 0 saturated heterocycles. The van der Waals surface area contributed by atoms with E-state index in [4.69, 9.17) is 35.4 Å². The molecule has 1 atom stereocenters. The van der Waals surface area contributed by atoms with Crippen LogP contribution in [0.15, 0.2) is 12.3 Å². The fraction of sp³-hybridized carbons (Fsp3) is 0.462. The largest absolute Gasteiger partial charge is 0.358 e. The first kappa shape index (κ1) is 18.5. The van der Waals surface area contributed by atoms with Gasteiger partial charge in [0.1, 0.15) is 4.32 Å². The van der Waals surface area contributed by atoms with Crippen molar-refractivity contribution in [3.05, 3.63) is 22.3 Å². The van der Waals surface area contributed by atoms with Crippen LogP contribution in [0.5, 0.6) is 0 Å². The van der Waals surface area contributed by atoms with Crippen molar-refractivity contribution in [1.82, 2.24) is 9.88 Å². The summed E-state index contributed by atoms with van der Waals surface area (Å²) in [7, 11) is 0. The molecule has 1 aromatic heterocycles. The van der Waals surface area contributed by atoms with Crippen molar-refractivity contribution in [3.8, 4) is 0 Å². The van der Waals surface area contributed by atoms with E-state index >= 15 is 0 Å². The number of anilines is 1. The van der Waals surface area contributed by atoms with Crippen molar-refractivity contribution < 1.29 is 4.79 Å². The van der Waals surface area contributed by atoms with Crippen LogP contribution in [0.1, 0.15) is 20.8 Å². The van der Waals surface area contributed by atoms with Crippen LogP contribution in [0.2, 0.25) is 10.0 Å². The minimum atomic E-state index is -0.341. The second-order valence-corrected chi connectivity index (χ2v) is 6.99. The Morgan fingerprint density at radius 2 is 2.10 bits per heavy atom. The Balaban J connectivity index is 2.64. The number of pyridine rings is 1. The Morgan fingerprint density at radius 3 is 2.62 bits per heavy atom. The van der Waals surface area contributed by atoms with E-state index in [0.29, 0.717) is 20.2 Å². The SMILES string of the molecule is CCN(CC)C(=S)S[C@H](C)C(=O)Nc1ncc(Cl)cc1Cl. The Morgan fingerprint density at radius 1 is 1.48 bits per heavy atom. The molecule has 1 rings (SSSR count). The monoisotopic (exact) mass is 365 g/mol. The number of amides is 1. The number of aromatic nitrogens is 1. The van der Waals surface area contributed by atoms with Crippen LogP contribution in [-0.4, -0.2) is 38.5 Å². The molecule has 0 aliphatic rings. The maximum absolute atomic E-state index is 12.1. The summed E-state index contributed by atoms with van der Waals surface area (Å²) >= 11 is 18.4. The third-order valence-corrected chi connectivity index (χ3v) is 4.79. The van der Waals surface area contributed by atoms with E-state index in [2.05, 4.69) is 10.3 Å². The lowest BCUT2D eigenvalue weighted by Crippen LogP contribution is -2.31. The number of rotatable bonds is 5. The summed E-state index contributed by atoms with van der Waals surface area (Å²) in [6, 6.07) is 1.53. The van der Waals surface area contributed by atoms with Crippen LogP contribution in [0, 0.1) is 0 Å². The fourth-order valence-corrected chi connectivity index (χ4v) is 3.48. The van der Waals surface area contributed by atoms with E-state index in [1.54, 1.807) is 6.92 Å². The van der Waals surface area contributed by atoms with Crippen LogP contribution in [0.25, 0.3) is 0 Å². The fourth-order valence-electron chi connectivity index (χ4n) is 1.49. The maximum Gasteiger partial charge on any atom is 0.238 e. The molecule has 116 valence electrons. The summed E-state index contributed by atoms with van der Waals surface area (Å²) in [6.07, 6.45) is 1.43. The molecule has 0 spiro atoms. The lowest BCUT2D eigenvalue weighted by Gasteiger charge is -2.22. The molecular weight excluding hydrogens is 349 g/mol. The number of carbonyl (C=O) groups excluding carboxylic acids is 1. The van der Waals surface area contributed by atoms with Gasteiger partial charge in [-0.05, 0) is 26.8 Å². The predicted octanol–water partition coefficient (Wildman–Crippen LogP) is 4.08. The Kier molecular flexibility index (Phi) is 7.73. The standard InChI is InChI=1S/C13H17Cl2N3OS2/c1-4-18(5-2)13(20)21-8(3)12(19)17-11-10(15)6-9(14)7-16-11/h6-8H,4-5H2,1-3H3,(H,16,17,19)/t8-/m1/s1. The number of nitrogens with one attached hydrogen (secondary N) is 1. The first-order valence-electron chi connectivity index (χ1n) is 6.46. The molecule has 8 heteroatoms. The van der Waals surface area contributed by atoms with Crippen molar-refractivity contribution in [2.45, 2.75) is 26.0 Å². The van der Waals surface area contributed by atoms with Crippen molar-refractivity contribution in [2.75, 3.05) is 18.4 Å². The molecule has 4 nitrogen and oxygen atoms in total. The van der Waals surface area contributed by atoms with E-state index in [1.807, 2.05) is 18.7 Å². The van der Waals surface area contributed by atoms with E-state index in [-0.39, 0.29) is 11.2 Å². The van der Waals surface area contributed by atoms with E-state index in [0.717, 1.165) is 13.1 Å². The van der Waals surface area contributed by atoms with Crippen LogP contribution < -0.4 is 5.32 Å². The number of thiocarbonyl (C=S) groups is 1. The highest BCUT2D eigenvalue weighted by Crippen LogP contribution is 2.24. The topological polar surface area (TPSA) is 45.2 Å². The van der Waals surface area contributed by atoms with Crippen molar-refractivity contribution in [2.24, 2.45) is 0 Å². The van der Waals surface area contributed by atoms with Crippen LogP contribution in [-0.2, 0) is 4.79 Å². The molecule has 1 amide bonds. The van der Waals surface area contributed by atoms with E-state index in [1.165, 1.54) is 24.0 Å². The zero-order valence-electron chi connectivity index (χ0n) is 12.0. The molecule has 0 saturated carbocycles. The zero-order chi connectivity index (χ0) is 16.0. The smallest absolute Gasteiger partial charge is 0.238 e. The maximum atomic E-state index is 12.1. The number of carbonyl (C=O) groups is 1. The van der Waals surface area contributed by atoms with Gasteiger partial charge in [0.2, 0.25) is 5.91 Å². The average Bonchev–Trinajstić information content (AvgIpc) is 2.43. The van der Waals surface area contributed by atoms with Gasteiger partial charge < -0.3 is 10.2 Å². The van der Waals surface area contributed by atoms with Gasteiger partial charge in [-0.1, -0.05) is 47.2 Å². The summed E-state index contributed by atoms with van der Waals surface area (Å²) in [6.45, 7) is 7.49. The van der Waals surface area contributed by atoms with E-state index in [9.17, 15) is 4.79 Å². The molecular formula is C13H17Cl2N3OS2. The molecule has 0 unspecified atom stereocenters. The Labute approximate surface area is 144 Å². The van der Waals surface area contributed by atoms with Crippen LogP contribution in [0.3, 0.4) is 0 Å². The normalized spacial score (nSPS) is 11.9. The molecule has 0 aliphatic heterocycles. The number of thioether (sulfide) groups is 1. The molecule has 1 N–H and O–H groups in total. The van der Waals surface area contributed by atoms with Gasteiger partial charge in [0.15, 0.2) is 5.82 Å². The number of nitrogens with zero attached hydrogens (tertiary/aromatic N) is 2. The van der Waals surface area contributed by atoms with Gasteiger partial charge in [0, 0.05) is 19.3 Å². The highest BCUT2D eigenvalue weighted by atomic mass is 35.5. The van der Waals surface area contributed by atoms with Crippen molar-refractivity contribution in [1.29, 1.82) is 0 Å². The van der Waals surface area contributed by atoms with Gasteiger partial charge in [-0.3, -0.25) is 4.79 Å². The van der Waals surface area contributed by atoms with Gasteiger partial charge in [0.25, 0.3) is 0 Å². The lowest BCUT2D eigenvalue weighted by molar-refractivity contribution is -0.115. The lowest BCUT2D eigenvalue weighted by atomic mass is 10.4. The molecule has 0 aliphatic carbocycles. The minimum absolute atomic E-state index is 0.203. The molecule has 0 aromatic carbocycles. The molecule has 0 radical (unpaired) electrons. The summed E-state index contributed by atoms with van der Waals surface area (Å²) in [5.74, 6) is 0.0958. The van der Waals surface area contributed by atoms with Crippen LogP contribution >= 0.6 is 47.2 Å². The van der Waals surface area contributed by atoms with Gasteiger partial charge in [0.05, 0.1) is 15.3 Å². The average molecular weight is 366 g/mol. The number of halogens is 2. The molecule has 0 fully saturated rings. The van der Waals surface area contributed by atoms with Gasteiger partial charge in [-0.2, -0.15) is 0 Å². The third-order valence-electron chi connectivity index (χ3n) is 2.72. The highest BCUT2D eigenvalue weighted by molar-refractivity contribution is 8.23. The first-order chi connectivity index (χ1) is 9.88. The summed E-state index contributed by atoms with van der Waals surface area (Å²) < 4.78 is 0.706. The minimum Gasteiger partial charge on any atom is -0.358 e. The first-order valence-corrected chi connectivity index (χ1v) is 8.50. The summed E-state index contributed by atoms with van der Waals surface area (Å²) in [5.41, 5.74) is 0. The molecule has 21 heavy (non-hydrogen) atoms. The molecule has 1 heterocycles. The summed E-state index contributed by atoms with van der Waals surface area (Å²) in [4.78, 5) is 18.2. The van der Waals surface area contributed by atoms with Gasteiger partial charge >= 0.3 is 0 Å². The van der Waals surface area contributed by atoms with Crippen molar-refractivity contribution in [3.63, 3.8) is 0 Å². The summed E-state index contributed by atoms with van der Waals surface area (Å²) in [5, 5.41) is 3.06. The van der Waals surface area contributed by atoms with E-state index < -0.39 is 0 Å². The zero-order valence-corrected chi connectivity index (χ0v) is 15.2. The van der Waals surface area contributed by atoms with Crippen molar-refractivity contribution >= 4 is 63.2 Å². The molecule has 1 aromatic rings. The Hall–Kier alpha value is -0.560. The Bertz CT molecular complexity index is 524. The van der Waals surface area contributed by atoms with Gasteiger partial charge in [-0.15, -0.1) is 0 Å². The number of hydrogen-bond acceptors (Lipinski definition) is 4. The third kappa shape index (κ3) is 5.62. The van der Waals surface area contributed by atoms with Crippen LogP contribution in [0.4, 0.5) is 5.82 Å². The second-order valence-electron chi connectivity index (χ2n) is 4.17. The molecule has 0 bridgehead atoms.